The molecule has 1 N–H and O–H groups in total. The summed E-state index contributed by atoms with van der Waals surface area (Å²) >= 11 is 0. The molecule has 1 rings (SSSR count). The van der Waals surface area contributed by atoms with Crippen molar-refractivity contribution >= 4 is 5.97 Å². The van der Waals surface area contributed by atoms with Crippen LogP contribution in [0.15, 0.2) is 12.2 Å². The number of aliphatic carboxylic acids is 1. The van der Waals surface area contributed by atoms with Crippen LogP contribution in [0, 0.1) is 11.8 Å². The maximum Gasteiger partial charge on any atom is 0.310 e. The van der Waals surface area contributed by atoms with Crippen LogP contribution in [0.5, 0.6) is 0 Å². The Morgan fingerprint density at radius 2 is 2.45 bits per heavy atom. The molecule has 0 bridgehead atoms. The second kappa shape index (κ2) is 3.56. The lowest BCUT2D eigenvalue weighted by Crippen LogP contribution is -2.23. The summed E-state index contributed by atoms with van der Waals surface area (Å²) in [4.78, 5) is 10.7. The second-order valence-corrected chi connectivity index (χ2v) is 3.04. The molecule has 0 radical (unpaired) electrons. The minimum Gasteiger partial charge on any atom is -0.481 e. The Balaban J connectivity index is 2.64. The highest BCUT2D eigenvalue weighted by Gasteiger charge is 2.25. The molecule has 0 aromatic heterocycles. The quantitative estimate of drug-likeness (QED) is 0.618. The molecular formula is C9H14O2. The van der Waals surface area contributed by atoms with Crippen LogP contribution in [0.4, 0.5) is 0 Å². The SMILES string of the molecule is CCC1CCC=CC1C(=O)O. The summed E-state index contributed by atoms with van der Waals surface area (Å²) in [6, 6.07) is 0. The summed E-state index contributed by atoms with van der Waals surface area (Å²) in [5.41, 5.74) is 0. The Morgan fingerprint density at radius 3 is 2.91 bits per heavy atom. The van der Waals surface area contributed by atoms with Crippen LogP contribution in [0.2, 0.25) is 0 Å². The molecule has 0 aliphatic heterocycles. The van der Waals surface area contributed by atoms with Crippen LogP contribution < -0.4 is 0 Å². The van der Waals surface area contributed by atoms with Crippen molar-refractivity contribution in [1.82, 2.24) is 0 Å². The normalized spacial score (nSPS) is 30.3. The highest BCUT2D eigenvalue weighted by molar-refractivity contribution is 5.72. The first-order valence-electron chi connectivity index (χ1n) is 4.15. The average molecular weight is 154 g/mol. The van der Waals surface area contributed by atoms with Gasteiger partial charge in [0.05, 0.1) is 5.92 Å². The van der Waals surface area contributed by atoms with E-state index in [9.17, 15) is 4.79 Å². The number of carboxylic acid groups (broad SMARTS) is 1. The zero-order valence-corrected chi connectivity index (χ0v) is 6.79. The van der Waals surface area contributed by atoms with E-state index in [0.29, 0.717) is 5.92 Å². The number of hydrogen-bond acceptors (Lipinski definition) is 1. The third-order valence-corrected chi connectivity index (χ3v) is 2.36. The van der Waals surface area contributed by atoms with Crippen molar-refractivity contribution in [2.45, 2.75) is 26.2 Å². The molecule has 2 heteroatoms. The third-order valence-electron chi connectivity index (χ3n) is 2.36. The molecule has 2 atom stereocenters. The Bertz CT molecular complexity index is 172. The molecule has 0 heterocycles. The lowest BCUT2D eigenvalue weighted by atomic mass is 9.82. The van der Waals surface area contributed by atoms with Gasteiger partial charge in [-0.1, -0.05) is 25.5 Å². The van der Waals surface area contributed by atoms with E-state index in [-0.39, 0.29) is 5.92 Å². The molecule has 0 aromatic carbocycles. The Hall–Kier alpha value is -0.790. The van der Waals surface area contributed by atoms with E-state index in [0.717, 1.165) is 19.3 Å². The first-order valence-corrected chi connectivity index (χ1v) is 4.15. The highest BCUT2D eigenvalue weighted by atomic mass is 16.4. The average Bonchev–Trinajstić information content (AvgIpc) is 2.04. The number of hydrogen-bond donors (Lipinski definition) is 1. The Labute approximate surface area is 66.9 Å². The standard InChI is InChI=1S/C9H14O2/c1-2-7-5-3-4-6-8(7)9(10)11/h4,6-8H,2-3,5H2,1H3,(H,10,11). The molecule has 0 fully saturated rings. The molecular weight excluding hydrogens is 140 g/mol. The zero-order valence-electron chi connectivity index (χ0n) is 6.79. The maximum atomic E-state index is 10.7. The number of rotatable bonds is 2. The largest absolute Gasteiger partial charge is 0.481 e. The summed E-state index contributed by atoms with van der Waals surface area (Å²) < 4.78 is 0. The van der Waals surface area contributed by atoms with Gasteiger partial charge in [0, 0.05) is 0 Å². The molecule has 0 aromatic rings. The van der Waals surface area contributed by atoms with Crippen molar-refractivity contribution in [3.8, 4) is 0 Å². The molecule has 1 aliphatic carbocycles. The van der Waals surface area contributed by atoms with Gasteiger partial charge in [0.1, 0.15) is 0 Å². The summed E-state index contributed by atoms with van der Waals surface area (Å²) in [5.74, 6) is -0.543. The van der Waals surface area contributed by atoms with Crippen LogP contribution in [0.1, 0.15) is 26.2 Å². The molecule has 0 saturated carbocycles. The van der Waals surface area contributed by atoms with Crippen LogP contribution in [-0.4, -0.2) is 11.1 Å². The van der Waals surface area contributed by atoms with Gasteiger partial charge in [-0.05, 0) is 18.8 Å². The van der Waals surface area contributed by atoms with E-state index in [2.05, 4.69) is 6.92 Å². The predicted octanol–water partition coefficient (Wildman–Crippen LogP) is 2.06. The van der Waals surface area contributed by atoms with E-state index >= 15 is 0 Å². The molecule has 2 unspecified atom stereocenters. The fourth-order valence-corrected chi connectivity index (χ4v) is 1.63. The second-order valence-electron chi connectivity index (χ2n) is 3.04. The van der Waals surface area contributed by atoms with Crippen LogP contribution >= 0.6 is 0 Å². The van der Waals surface area contributed by atoms with Crippen LogP contribution in [0.25, 0.3) is 0 Å². The van der Waals surface area contributed by atoms with Gasteiger partial charge in [-0.25, -0.2) is 0 Å². The molecule has 0 amide bonds. The fourth-order valence-electron chi connectivity index (χ4n) is 1.63. The molecule has 0 saturated heterocycles. The number of carboxylic acids is 1. The minimum absolute atomic E-state index is 0.228. The van der Waals surface area contributed by atoms with Gasteiger partial charge in [0.25, 0.3) is 0 Å². The van der Waals surface area contributed by atoms with Crippen molar-refractivity contribution < 1.29 is 9.90 Å². The topological polar surface area (TPSA) is 37.3 Å². The monoisotopic (exact) mass is 154 g/mol. The summed E-state index contributed by atoms with van der Waals surface area (Å²) in [6.45, 7) is 2.06. The lowest BCUT2D eigenvalue weighted by Gasteiger charge is -2.22. The fraction of sp³-hybridized carbons (Fsp3) is 0.667. The molecule has 2 nitrogen and oxygen atoms in total. The Kier molecular flexibility index (Phi) is 2.69. The van der Waals surface area contributed by atoms with Gasteiger partial charge in [-0.2, -0.15) is 0 Å². The first kappa shape index (κ1) is 8.31. The van der Waals surface area contributed by atoms with Crippen LogP contribution in [-0.2, 0) is 4.79 Å². The molecule has 62 valence electrons. The minimum atomic E-state index is -0.673. The first-order chi connectivity index (χ1) is 5.25. The number of carbonyl (C=O) groups is 1. The third kappa shape index (κ3) is 1.82. The van der Waals surface area contributed by atoms with E-state index < -0.39 is 5.97 Å². The smallest absolute Gasteiger partial charge is 0.310 e. The van der Waals surface area contributed by atoms with Crippen molar-refractivity contribution in [3.63, 3.8) is 0 Å². The van der Waals surface area contributed by atoms with Crippen molar-refractivity contribution in [1.29, 1.82) is 0 Å². The van der Waals surface area contributed by atoms with E-state index in [1.165, 1.54) is 0 Å². The van der Waals surface area contributed by atoms with Gasteiger partial charge in [0.15, 0.2) is 0 Å². The molecule has 0 spiro atoms. The summed E-state index contributed by atoms with van der Waals surface area (Å²) in [5, 5.41) is 8.79. The number of allylic oxidation sites excluding steroid dienone is 1. The van der Waals surface area contributed by atoms with Gasteiger partial charge >= 0.3 is 5.97 Å². The molecule has 1 aliphatic rings. The summed E-state index contributed by atoms with van der Waals surface area (Å²) in [6.07, 6.45) is 6.86. The molecule has 11 heavy (non-hydrogen) atoms. The highest BCUT2D eigenvalue weighted by Crippen LogP contribution is 2.27. The van der Waals surface area contributed by atoms with Crippen molar-refractivity contribution in [2.75, 3.05) is 0 Å². The van der Waals surface area contributed by atoms with Gasteiger partial charge < -0.3 is 5.11 Å². The van der Waals surface area contributed by atoms with Crippen molar-refractivity contribution in [3.05, 3.63) is 12.2 Å². The van der Waals surface area contributed by atoms with Gasteiger partial charge in [-0.15, -0.1) is 0 Å². The van der Waals surface area contributed by atoms with Crippen molar-refractivity contribution in [2.24, 2.45) is 11.8 Å². The zero-order chi connectivity index (χ0) is 8.27. The van der Waals surface area contributed by atoms with E-state index in [1.807, 2.05) is 12.2 Å². The Morgan fingerprint density at radius 1 is 1.73 bits per heavy atom. The maximum absolute atomic E-state index is 10.7. The predicted molar refractivity (Wildman–Crippen MR) is 43.3 cm³/mol. The van der Waals surface area contributed by atoms with Gasteiger partial charge in [0.2, 0.25) is 0 Å². The van der Waals surface area contributed by atoms with E-state index in [4.69, 9.17) is 5.11 Å². The summed E-state index contributed by atoms with van der Waals surface area (Å²) in [7, 11) is 0. The van der Waals surface area contributed by atoms with Crippen LogP contribution in [0.3, 0.4) is 0 Å². The lowest BCUT2D eigenvalue weighted by molar-refractivity contribution is -0.142. The van der Waals surface area contributed by atoms with Gasteiger partial charge in [-0.3, -0.25) is 4.79 Å². The van der Waals surface area contributed by atoms with E-state index in [1.54, 1.807) is 0 Å².